The molecule has 1 saturated heterocycles. The lowest BCUT2D eigenvalue weighted by Crippen LogP contribution is -2.43. The number of carbonyl (C=O) groups excluding carboxylic acids is 2. The number of benzene rings is 1. The number of carbonyl (C=O) groups is 2. The normalized spacial score (nSPS) is 16.9. The molecule has 0 aliphatic carbocycles. The maximum atomic E-state index is 13.1. The highest BCUT2D eigenvalue weighted by molar-refractivity contribution is 6.04. The van der Waals surface area contributed by atoms with Crippen LogP contribution in [-0.4, -0.2) is 67.0 Å². The van der Waals surface area contributed by atoms with Gasteiger partial charge in [0.25, 0.3) is 5.91 Å². The lowest BCUT2D eigenvalue weighted by molar-refractivity contribution is -0.140. The summed E-state index contributed by atoms with van der Waals surface area (Å²) in [6, 6.07) is 14.0. The highest BCUT2D eigenvalue weighted by Gasteiger charge is 2.33. The molecule has 1 atom stereocenters. The van der Waals surface area contributed by atoms with E-state index in [1.807, 2.05) is 48.7 Å². The Bertz CT molecular complexity index is 1470. The molecule has 5 heterocycles. The van der Waals surface area contributed by atoms with Crippen LogP contribution < -0.4 is 5.32 Å². The second-order valence-electron chi connectivity index (χ2n) is 9.69. The van der Waals surface area contributed by atoms with E-state index >= 15 is 0 Å². The van der Waals surface area contributed by atoms with E-state index in [1.165, 1.54) is 6.92 Å². The van der Waals surface area contributed by atoms with Crippen molar-refractivity contribution in [1.82, 2.24) is 24.5 Å². The average molecular weight is 497 g/mol. The summed E-state index contributed by atoms with van der Waals surface area (Å²) in [5, 5.41) is 17.7. The molecule has 9 heteroatoms. The zero-order valence-corrected chi connectivity index (χ0v) is 20.6. The van der Waals surface area contributed by atoms with Crippen molar-refractivity contribution in [3.63, 3.8) is 0 Å². The summed E-state index contributed by atoms with van der Waals surface area (Å²) >= 11 is 0. The number of hydrogen-bond acceptors (Lipinski definition) is 7. The maximum absolute atomic E-state index is 13.1. The van der Waals surface area contributed by atoms with Gasteiger partial charge in [0, 0.05) is 54.9 Å². The first-order chi connectivity index (χ1) is 18.0. The Morgan fingerprint density at radius 3 is 2.57 bits per heavy atom. The smallest absolute Gasteiger partial charge is 0.251 e. The van der Waals surface area contributed by atoms with Gasteiger partial charge in [0.1, 0.15) is 11.9 Å². The number of ketones is 1. The van der Waals surface area contributed by atoms with E-state index in [4.69, 9.17) is 4.98 Å². The Hall–Kier alpha value is -4.11. The number of pyridine rings is 1. The SMILES string of the molecule is CC(O)C(=O)N1CCC(c2nc3c(-c4ccc(-c5ccccc5)nc4)cnn3c3c2C(=O)CCN3)CC1. The minimum absolute atomic E-state index is 0.0296. The molecular weight excluding hydrogens is 468 g/mol. The second kappa shape index (κ2) is 9.40. The zero-order chi connectivity index (χ0) is 25.5. The van der Waals surface area contributed by atoms with Gasteiger partial charge in [0.2, 0.25) is 0 Å². The molecule has 4 aromatic rings. The number of nitrogens with zero attached hydrogens (tertiary/aromatic N) is 5. The summed E-state index contributed by atoms with van der Waals surface area (Å²) < 4.78 is 1.72. The van der Waals surface area contributed by atoms with E-state index in [-0.39, 0.29) is 17.6 Å². The number of nitrogens with one attached hydrogen (secondary N) is 1. The first-order valence-electron chi connectivity index (χ1n) is 12.7. The minimum Gasteiger partial charge on any atom is -0.384 e. The molecule has 1 aromatic carbocycles. The van der Waals surface area contributed by atoms with Crippen LogP contribution in [0.15, 0.2) is 54.9 Å². The van der Waals surface area contributed by atoms with Crippen LogP contribution in [0.1, 0.15) is 48.2 Å². The molecule has 1 unspecified atom stereocenters. The van der Waals surface area contributed by atoms with E-state index in [9.17, 15) is 14.7 Å². The van der Waals surface area contributed by atoms with Crippen molar-refractivity contribution in [1.29, 1.82) is 0 Å². The van der Waals surface area contributed by atoms with Crippen LogP contribution in [0, 0.1) is 0 Å². The van der Waals surface area contributed by atoms with Crippen LogP contribution in [0.3, 0.4) is 0 Å². The van der Waals surface area contributed by atoms with Crippen molar-refractivity contribution in [2.24, 2.45) is 0 Å². The molecule has 0 saturated carbocycles. The third-order valence-corrected chi connectivity index (χ3v) is 7.29. The fraction of sp³-hybridized carbons (Fsp3) is 0.321. The van der Waals surface area contributed by atoms with Gasteiger partial charge in [-0.1, -0.05) is 36.4 Å². The molecule has 3 aromatic heterocycles. The number of aromatic nitrogens is 4. The number of likely N-dealkylation sites (tertiary alicyclic amines) is 1. The van der Waals surface area contributed by atoms with Crippen molar-refractivity contribution < 1.29 is 14.7 Å². The number of fused-ring (bicyclic) bond motifs is 3. The quantitative estimate of drug-likeness (QED) is 0.444. The Morgan fingerprint density at radius 1 is 1.08 bits per heavy atom. The Morgan fingerprint density at radius 2 is 1.86 bits per heavy atom. The topological polar surface area (TPSA) is 113 Å². The summed E-state index contributed by atoms with van der Waals surface area (Å²) in [5.41, 5.74) is 5.72. The summed E-state index contributed by atoms with van der Waals surface area (Å²) in [6.07, 6.45) is 4.36. The van der Waals surface area contributed by atoms with Gasteiger partial charge in [0.05, 0.1) is 23.1 Å². The Balaban J connectivity index is 1.39. The molecule has 37 heavy (non-hydrogen) atoms. The summed E-state index contributed by atoms with van der Waals surface area (Å²) in [5.74, 6) is 0.513. The second-order valence-corrected chi connectivity index (χ2v) is 9.69. The molecule has 2 N–H and O–H groups in total. The first-order valence-corrected chi connectivity index (χ1v) is 12.7. The zero-order valence-electron chi connectivity index (χ0n) is 20.6. The van der Waals surface area contributed by atoms with Crippen molar-refractivity contribution in [3.8, 4) is 22.4 Å². The number of rotatable bonds is 4. The van der Waals surface area contributed by atoms with E-state index < -0.39 is 6.10 Å². The molecular formula is C28H28N6O3. The van der Waals surface area contributed by atoms with Crippen LogP contribution in [0.4, 0.5) is 5.82 Å². The monoisotopic (exact) mass is 496 g/mol. The molecule has 2 aliphatic heterocycles. The number of Topliss-reactive ketones (excluding diaryl/α,β-unsaturated/α-hetero) is 1. The Labute approximate surface area is 214 Å². The summed E-state index contributed by atoms with van der Waals surface area (Å²) in [7, 11) is 0. The standard InChI is InChI=1S/C28H28N6O3/c1-17(35)28(37)33-13-10-19(11-14-33)25-24-23(36)9-12-29-27(24)34-26(32-25)21(16-31-34)20-7-8-22(30-15-20)18-5-3-2-4-6-18/h2-8,15-17,19,29,35H,9-14H2,1H3. The predicted octanol–water partition coefficient (Wildman–Crippen LogP) is 3.54. The summed E-state index contributed by atoms with van der Waals surface area (Å²) in [4.78, 5) is 36.7. The first kappa shape index (κ1) is 23.3. The van der Waals surface area contributed by atoms with Gasteiger partial charge in [-0.3, -0.25) is 14.6 Å². The average Bonchev–Trinajstić information content (AvgIpc) is 3.37. The summed E-state index contributed by atoms with van der Waals surface area (Å²) in [6.45, 7) is 3.09. The number of piperidine rings is 1. The number of aliphatic hydroxyl groups excluding tert-OH is 1. The van der Waals surface area contributed by atoms with Crippen LogP contribution in [-0.2, 0) is 4.79 Å². The predicted molar refractivity (Wildman–Crippen MR) is 139 cm³/mol. The van der Waals surface area contributed by atoms with Crippen LogP contribution >= 0.6 is 0 Å². The van der Waals surface area contributed by atoms with Gasteiger partial charge >= 0.3 is 0 Å². The van der Waals surface area contributed by atoms with Crippen molar-refractivity contribution >= 4 is 23.2 Å². The lowest BCUT2D eigenvalue weighted by atomic mass is 9.88. The fourth-order valence-corrected chi connectivity index (χ4v) is 5.34. The molecule has 2 aliphatic rings. The van der Waals surface area contributed by atoms with Gasteiger partial charge in [-0.05, 0) is 25.8 Å². The lowest BCUT2D eigenvalue weighted by Gasteiger charge is -2.33. The molecule has 0 bridgehead atoms. The van der Waals surface area contributed by atoms with E-state index in [0.717, 1.165) is 28.1 Å². The van der Waals surface area contributed by atoms with Gasteiger partial charge in [-0.15, -0.1) is 0 Å². The number of hydrogen-bond donors (Lipinski definition) is 2. The largest absolute Gasteiger partial charge is 0.384 e. The van der Waals surface area contributed by atoms with Gasteiger partial charge < -0.3 is 15.3 Å². The molecule has 0 radical (unpaired) electrons. The minimum atomic E-state index is -1.01. The van der Waals surface area contributed by atoms with E-state index in [1.54, 1.807) is 15.6 Å². The van der Waals surface area contributed by atoms with Gasteiger partial charge in [-0.2, -0.15) is 9.61 Å². The number of aliphatic hydroxyl groups is 1. The Kier molecular flexibility index (Phi) is 5.92. The third kappa shape index (κ3) is 4.15. The van der Waals surface area contributed by atoms with Crippen molar-refractivity contribution in [3.05, 3.63) is 66.1 Å². The number of anilines is 1. The van der Waals surface area contributed by atoms with Crippen LogP contribution in [0.2, 0.25) is 0 Å². The van der Waals surface area contributed by atoms with E-state index in [2.05, 4.69) is 15.4 Å². The van der Waals surface area contributed by atoms with Crippen LogP contribution in [0.25, 0.3) is 28.0 Å². The molecule has 0 spiro atoms. The molecule has 1 amide bonds. The highest BCUT2D eigenvalue weighted by Crippen LogP contribution is 2.37. The highest BCUT2D eigenvalue weighted by atomic mass is 16.3. The van der Waals surface area contributed by atoms with Gasteiger partial charge in [-0.25, -0.2) is 4.98 Å². The van der Waals surface area contributed by atoms with Crippen LogP contribution in [0.5, 0.6) is 0 Å². The fourth-order valence-electron chi connectivity index (χ4n) is 5.34. The van der Waals surface area contributed by atoms with E-state index in [0.29, 0.717) is 55.9 Å². The molecule has 188 valence electrons. The number of amides is 1. The molecule has 1 fully saturated rings. The van der Waals surface area contributed by atoms with Gasteiger partial charge in [0.15, 0.2) is 11.4 Å². The third-order valence-electron chi connectivity index (χ3n) is 7.29. The van der Waals surface area contributed by atoms with Crippen molar-refractivity contribution in [2.45, 2.75) is 38.2 Å². The van der Waals surface area contributed by atoms with Crippen molar-refractivity contribution in [2.75, 3.05) is 25.0 Å². The maximum Gasteiger partial charge on any atom is 0.251 e. The molecule has 9 nitrogen and oxygen atoms in total. The molecule has 6 rings (SSSR count).